The Hall–Kier alpha value is -2.79. The number of ketones is 1. The van der Waals surface area contributed by atoms with Gasteiger partial charge in [-0.15, -0.1) is 0 Å². The molecule has 1 unspecified atom stereocenters. The molecule has 0 spiro atoms. The number of carbonyl (C=O) groups is 2. The Labute approximate surface area is 175 Å². The van der Waals surface area contributed by atoms with Gasteiger partial charge in [0, 0.05) is 30.1 Å². The van der Waals surface area contributed by atoms with Gasteiger partial charge in [0.25, 0.3) is 5.91 Å². The van der Waals surface area contributed by atoms with Gasteiger partial charge in [0.05, 0.1) is 24.0 Å². The summed E-state index contributed by atoms with van der Waals surface area (Å²) in [5.41, 5.74) is 6.04. The Kier molecular flexibility index (Phi) is 6.46. The molecular formula is C20H22F4N4O3. The summed E-state index contributed by atoms with van der Waals surface area (Å²) in [6, 6.07) is 1.52. The van der Waals surface area contributed by atoms with Crippen molar-refractivity contribution >= 4 is 11.7 Å². The van der Waals surface area contributed by atoms with Crippen LogP contribution in [0, 0.1) is 25.6 Å². The van der Waals surface area contributed by atoms with Crippen molar-refractivity contribution in [2.24, 2.45) is 11.7 Å². The highest BCUT2D eigenvalue weighted by atomic mass is 19.4. The van der Waals surface area contributed by atoms with E-state index in [0.29, 0.717) is 43.5 Å². The van der Waals surface area contributed by atoms with Crippen molar-refractivity contribution in [3.8, 4) is 0 Å². The number of hydrogen-bond acceptors (Lipinski definition) is 6. The first kappa shape index (κ1) is 22.9. The third-order valence-corrected chi connectivity index (χ3v) is 5.43. The summed E-state index contributed by atoms with van der Waals surface area (Å²) in [4.78, 5) is 26.6. The summed E-state index contributed by atoms with van der Waals surface area (Å²) in [7, 11) is 0. The molecule has 1 aromatic heterocycles. The Morgan fingerprint density at radius 1 is 1.29 bits per heavy atom. The number of hydrogen-bond donors (Lipinski definition) is 2. The van der Waals surface area contributed by atoms with Crippen molar-refractivity contribution in [1.82, 2.24) is 15.4 Å². The molecule has 1 amide bonds. The number of aryl methyl sites for hydroxylation is 2. The summed E-state index contributed by atoms with van der Waals surface area (Å²) in [6.07, 6.45) is -4.92. The first-order valence-corrected chi connectivity index (χ1v) is 9.57. The molecule has 31 heavy (non-hydrogen) atoms. The Balaban J connectivity index is 1.60. The number of aromatic nitrogens is 1. The summed E-state index contributed by atoms with van der Waals surface area (Å²) in [5.74, 6) is -2.41. The van der Waals surface area contributed by atoms with Crippen LogP contribution in [0.5, 0.6) is 0 Å². The van der Waals surface area contributed by atoms with Gasteiger partial charge in [-0.05, 0) is 38.5 Å². The number of amides is 1. The number of benzene rings is 1. The second-order valence-electron chi connectivity index (χ2n) is 7.53. The van der Waals surface area contributed by atoms with Gasteiger partial charge in [-0.25, -0.2) is 4.39 Å². The van der Waals surface area contributed by atoms with E-state index >= 15 is 0 Å². The van der Waals surface area contributed by atoms with Gasteiger partial charge >= 0.3 is 6.18 Å². The zero-order valence-corrected chi connectivity index (χ0v) is 16.9. The summed E-state index contributed by atoms with van der Waals surface area (Å²) >= 11 is 0. The molecule has 2 atom stereocenters. The largest absolute Gasteiger partial charge is 0.416 e. The summed E-state index contributed by atoms with van der Waals surface area (Å²) in [5, 5.41) is 6.15. The number of alkyl halides is 3. The molecule has 3 N–H and O–H groups in total. The zero-order chi connectivity index (χ0) is 22.9. The lowest BCUT2D eigenvalue weighted by atomic mass is 10.0. The van der Waals surface area contributed by atoms with Crippen LogP contribution in [0.1, 0.15) is 39.4 Å². The fourth-order valence-electron chi connectivity index (χ4n) is 3.63. The van der Waals surface area contributed by atoms with Crippen LogP contribution in [0.15, 0.2) is 22.7 Å². The van der Waals surface area contributed by atoms with Crippen molar-refractivity contribution < 1.29 is 31.7 Å². The van der Waals surface area contributed by atoms with E-state index in [2.05, 4.69) is 10.5 Å². The number of carbonyl (C=O) groups excluding carboxylic acids is 2. The standard InChI is InChI=1S/C20H22F4N4O3/c1-10-16(11(2)31-27-10)9-28-4-3-15(18(28)25)17(29)8-26-19(30)12-5-13(20(22,23)24)7-14(21)6-12/h5-7,15,18H,3-4,8-9,25H2,1-2H3,(H,26,30)/t15?,18-/m1/s1. The number of rotatable bonds is 6. The molecule has 1 aliphatic rings. The van der Waals surface area contributed by atoms with Crippen LogP contribution in [0.2, 0.25) is 0 Å². The molecule has 2 aromatic rings. The van der Waals surface area contributed by atoms with E-state index in [1.807, 2.05) is 11.8 Å². The molecule has 2 heterocycles. The normalized spacial score (nSPS) is 19.6. The van der Waals surface area contributed by atoms with Gasteiger partial charge in [-0.2, -0.15) is 13.2 Å². The average Bonchev–Trinajstić information content (AvgIpc) is 3.21. The first-order chi connectivity index (χ1) is 14.5. The lowest BCUT2D eigenvalue weighted by Crippen LogP contribution is -2.45. The smallest absolute Gasteiger partial charge is 0.361 e. The maximum atomic E-state index is 13.5. The number of Topliss-reactive ketones (excluding diaryl/α,β-unsaturated/α-hetero) is 1. The third kappa shape index (κ3) is 5.10. The van der Waals surface area contributed by atoms with Crippen molar-refractivity contribution in [2.75, 3.05) is 13.1 Å². The Morgan fingerprint density at radius 3 is 2.61 bits per heavy atom. The van der Waals surface area contributed by atoms with E-state index in [0.717, 1.165) is 11.3 Å². The predicted octanol–water partition coefficient (Wildman–Crippen LogP) is 2.56. The van der Waals surface area contributed by atoms with E-state index in [-0.39, 0.29) is 5.78 Å². The van der Waals surface area contributed by atoms with E-state index in [1.165, 1.54) is 0 Å². The lowest BCUT2D eigenvalue weighted by molar-refractivity contribution is -0.137. The van der Waals surface area contributed by atoms with Crippen LogP contribution < -0.4 is 11.1 Å². The zero-order valence-electron chi connectivity index (χ0n) is 16.9. The molecule has 168 valence electrons. The van der Waals surface area contributed by atoms with Crippen molar-refractivity contribution in [1.29, 1.82) is 0 Å². The predicted molar refractivity (Wildman–Crippen MR) is 101 cm³/mol. The molecule has 0 aliphatic carbocycles. The van der Waals surface area contributed by atoms with Crippen LogP contribution in [-0.4, -0.2) is 41.0 Å². The lowest BCUT2D eigenvalue weighted by Gasteiger charge is -2.23. The maximum Gasteiger partial charge on any atom is 0.416 e. The van der Waals surface area contributed by atoms with Gasteiger partial charge in [-0.3, -0.25) is 14.5 Å². The minimum Gasteiger partial charge on any atom is -0.361 e. The van der Waals surface area contributed by atoms with E-state index < -0.39 is 47.7 Å². The van der Waals surface area contributed by atoms with Gasteiger partial charge in [-0.1, -0.05) is 5.16 Å². The quantitative estimate of drug-likeness (QED) is 0.667. The van der Waals surface area contributed by atoms with Gasteiger partial charge < -0.3 is 15.6 Å². The van der Waals surface area contributed by atoms with Gasteiger partial charge in [0.2, 0.25) is 0 Å². The van der Waals surface area contributed by atoms with Crippen molar-refractivity contribution in [2.45, 2.75) is 39.2 Å². The molecule has 0 radical (unpaired) electrons. The third-order valence-electron chi connectivity index (χ3n) is 5.43. The second kappa shape index (κ2) is 8.75. The molecule has 1 saturated heterocycles. The highest BCUT2D eigenvalue weighted by molar-refractivity contribution is 5.97. The number of nitrogens with one attached hydrogen (secondary N) is 1. The SMILES string of the molecule is Cc1noc(C)c1CN1CCC(C(=O)CNC(=O)c2cc(F)cc(C(F)(F)F)c2)[C@@H]1N. The fourth-order valence-corrected chi connectivity index (χ4v) is 3.63. The van der Waals surface area contributed by atoms with Gasteiger partial charge in [0.1, 0.15) is 11.6 Å². The number of nitrogens with two attached hydrogens (primary N) is 1. The topological polar surface area (TPSA) is 101 Å². The minimum absolute atomic E-state index is 0.299. The molecule has 3 rings (SSSR count). The molecular weight excluding hydrogens is 420 g/mol. The van der Waals surface area contributed by atoms with Gasteiger partial charge in [0.15, 0.2) is 5.78 Å². The molecule has 1 fully saturated rings. The fraction of sp³-hybridized carbons (Fsp3) is 0.450. The summed E-state index contributed by atoms with van der Waals surface area (Å²) < 4.78 is 57.1. The number of halogens is 4. The van der Waals surface area contributed by atoms with Crippen LogP contribution >= 0.6 is 0 Å². The van der Waals surface area contributed by atoms with Crippen LogP contribution in [-0.2, 0) is 17.5 Å². The monoisotopic (exact) mass is 442 g/mol. The second-order valence-corrected chi connectivity index (χ2v) is 7.53. The molecule has 1 aliphatic heterocycles. The van der Waals surface area contributed by atoms with Crippen molar-refractivity contribution in [3.63, 3.8) is 0 Å². The van der Waals surface area contributed by atoms with E-state index in [9.17, 15) is 27.2 Å². The average molecular weight is 442 g/mol. The molecule has 0 bridgehead atoms. The number of nitrogens with zero attached hydrogens (tertiary/aromatic N) is 2. The van der Waals surface area contributed by atoms with Crippen LogP contribution in [0.3, 0.4) is 0 Å². The molecule has 1 aromatic carbocycles. The van der Waals surface area contributed by atoms with Crippen molar-refractivity contribution in [3.05, 3.63) is 52.2 Å². The van der Waals surface area contributed by atoms with Crippen LogP contribution in [0.25, 0.3) is 0 Å². The Bertz CT molecular complexity index is 970. The molecule has 11 heteroatoms. The first-order valence-electron chi connectivity index (χ1n) is 9.57. The van der Waals surface area contributed by atoms with E-state index in [1.54, 1.807) is 6.92 Å². The van der Waals surface area contributed by atoms with E-state index in [4.69, 9.17) is 10.3 Å². The molecule has 7 nitrogen and oxygen atoms in total. The number of likely N-dealkylation sites (tertiary alicyclic amines) is 1. The highest BCUT2D eigenvalue weighted by Crippen LogP contribution is 2.30. The van der Waals surface area contributed by atoms with Crippen LogP contribution in [0.4, 0.5) is 17.6 Å². The maximum absolute atomic E-state index is 13.5. The minimum atomic E-state index is -4.80. The Morgan fingerprint density at radius 2 is 2.00 bits per heavy atom. The molecule has 0 saturated carbocycles. The summed E-state index contributed by atoms with van der Waals surface area (Å²) in [6.45, 7) is 4.18. The highest BCUT2D eigenvalue weighted by Gasteiger charge is 2.37.